The molecule has 0 saturated heterocycles. The number of hydrogen-bond acceptors (Lipinski definition) is 8. The van der Waals surface area contributed by atoms with Crippen LogP contribution in [-0.4, -0.2) is 31.2 Å². The van der Waals surface area contributed by atoms with E-state index in [1.54, 1.807) is 12.1 Å². The SMILES string of the molecule is CCCCCc1ccc(-c2cc3ccc(OCC(COc4ccc5cc(-c6ccc(CCCCC)cc6C(F)(F)F)c(=O)oc5c4)OCO)cc3oc2=O)c(C(F)(F)F)c1. The van der Waals surface area contributed by atoms with Gasteiger partial charge in [0.25, 0.3) is 0 Å². The lowest BCUT2D eigenvalue weighted by Crippen LogP contribution is -2.29. The van der Waals surface area contributed by atoms with Gasteiger partial charge in [0.05, 0.1) is 22.3 Å². The normalized spacial score (nSPS) is 12.2. The van der Waals surface area contributed by atoms with Crippen LogP contribution in [0, 0.1) is 0 Å². The molecular formula is C46H44F6O8. The zero-order valence-electron chi connectivity index (χ0n) is 33.0. The monoisotopic (exact) mass is 838 g/mol. The van der Waals surface area contributed by atoms with Crippen LogP contribution < -0.4 is 20.7 Å². The number of halogens is 6. The summed E-state index contributed by atoms with van der Waals surface area (Å²) in [6.45, 7) is 2.99. The number of alkyl halides is 6. The lowest BCUT2D eigenvalue weighted by Gasteiger charge is -2.18. The van der Waals surface area contributed by atoms with Crippen molar-refractivity contribution in [2.24, 2.45) is 0 Å². The summed E-state index contributed by atoms with van der Waals surface area (Å²) >= 11 is 0. The molecule has 60 heavy (non-hydrogen) atoms. The van der Waals surface area contributed by atoms with E-state index in [0.29, 0.717) is 34.7 Å². The standard InChI is InChI=1S/C46H44F6O8/c1-3-5-7-9-28-11-17-35(39(19-28)45(47,48)49)37-21-30-13-15-32(23-41(30)59-43(37)54)56-25-34(58-27-53)26-57-33-16-14-31-22-38(44(55)60-42(31)24-33)36-18-12-29(10-8-6-4-2)20-40(36)46(50,51)52/h11-24,34,53H,3-10,25-27H2,1-2H3. The highest BCUT2D eigenvalue weighted by atomic mass is 19.4. The fraction of sp³-hybridized carbons (Fsp3) is 0.348. The first-order chi connectivity index (χ1) is 28.7. The second-order valence-electron chi connectivity index (χ2n) is 14.5. The first-order valence-corrected chi connectivity index (χ1v) is 19.7. The van der Waals surface area contributed by atoms with Crippen LogP contribution in [0.3, 0.4) is 0 Å². The summed E-state index contributed by atoms with van der Waals surface area (Å²) in [7, 11) is 0. The lowest BCUT2D eigenvalue weighted by atomic mass is 9.95. The largest absolute Gasteiger partial charge is 0.491 e. The van der Waals surface area contributed by atoms with Crippen LogP contribution in [0.1, 0.15) is 74.6 Å². The number of aryl methyl sites for hydroxylation is 2. The molecular weight excluding hydrogens is 794 g/mol. The molecule has 0 fully saturated rings. The molecule has 0 aliphatic rings. The molecule has 6 aromatic rings. The predicted molar refractivity (Wildman–Crippen MR) is 215 cm³/mol. The number of unbranched alkanes of at least 4 members (excludes halogenated alkanes) is 4. The van der Waals surface area contributed by atoms with Crippen LogP contribution in [0.2, 0.25) is 0 Å². The molecule has 0 spiro atoms. The van der Waals surface area contributed by atoms with Gasteiger partial charge in [-0.1, -0.05) is 63.8 Å². The zero-order chi connectivity index (χ0) is 43.0. The number of hydrogen-bond donors (Lipinski definition) is 1. The van der Waals surface area contributed by atoms with Crippen molar-refractivity contribution >= 4 is 21.9 Å². The zero-order valence-corrected chi connectivity index (χ0v) is 33.0. The Kier molecular flexibility index (Phi) is 14.1. The molecule has 4 aromatic carbocycles. The smallest absolute Gasteiger partial charge is 0.417 e. The Labute approximate surface area is 341 Å². The third-order valence-electron chi connectivity index (χ3n) is 10.1. The van der Waals surface area contributed by atoms with E-state index in [9.17, 15) is 41.0 Å². The maximum absolute atomic E-state index is 14.2. The van der Waals surface area contributed by atoms with E-state index in [4.69, 9.17) is 23.0 Å². The Balaban J connectivity index is 1.14. The van der Waals surface area contributed by atoms with E-state index in [0.717, 1.165) is 50.7 Å². The average molecular weight is 839 g/mol. The molecule has 0 bridgehead atoms. The van der Waals surface area contributed by atoms with Crippen LogP contribution in [0.4, 0.5) is 26.3 Å². The van der Waals surface area contributed by atoms with Gasteiger partial charge >= 0.3 is 23.6 Å². The molecule has 0 aliphatic carbocycles. The van der Waals surface area contributed by atoms with Crippen molar-refractivity contribution < 1.29 is 54.5 Å². The summed E-state index contributed by atoms with van der Waals surface area (Å²) in [5, 5.41) is 10.2. The number of rotatable bonds is 18. The second-order valence-corrected chi connectivity index (χ2v) is 14.5. The molecule has 0 atom stereocenters. The quantitative estimate of drug-likeness (QED) is 0.0394. The van der Waals surface area contributed by atoms with E-state index in [2.05, 4.69) is 0 Å². The van der Waals surface area contributed by atoms with E-state index in [-0.39, 0.29) is 58.1 Å². The van der Waals surface area contributed by atoms with Crippen molar-refractivity contribution in [1.82, 2.24) is 0 Å². The lowest BCUT2D eigenvalue weighted by molar-refractivity contribution is -0.138. The van der Waals surface area contributed by atoms with Crippen molar-refractivity contribution in [3.63, 3.8) is 0 Å². The van der Waals surface area contributed by atoms with E-state index >= 15 is 0 Å². The summed E-state index contributed by atoms with van der Waals surface area (Å²) in [5.74, 6) is 0.445. The predicted octanol–water partition coefficient (Wildman–Crippen LogP) is 11.5. The van der Waals surface area contributed by atoms with Gasteiger partial charge in [0.1, 0.15) is 48.8 Å². The van der Waals surface area contributed by atoms with Gasteiger partial charge in [0, 0.05) is 34.0 Å². The molecule has 8 nitrogen and oxygen atoms in total. The fourth-order valence-corrected chi connectivity index (χ4v) is 6.96. The molecule has 2 aromatic heterocycles. The summed E-state index contributed by atoms with van der Waals surface area (Å²) in [5.41, 5.74) is -3.58. The van der Waals surface area contributed by atoms with Gasteiger partial charge in [-0.2, -0.15) is 26.3 Å². The van der Waals surface area contributed by atoms with Gasteiger partial charge < -0.3 is 28.2 Å². The Morgan fingerprint density at radius 2 is 1.00 bits per heavy atom. The van der Waals surface area contributed by atoms with Crippen molar-refractivity contribution in [1.29, 1.82) is 0 Å². The average Bonchev–Trinajstić information content (AvgIpc) is 3.21. The van der Waals surface area contributed by atoms with Crippen LogP contribution in [0.5, 0.6) is 11.5 Å². The molecule has 6 rings (SSSR count). The molecule has 0 unspecified atom stereocenters. The highest BCUT2D eigenvalue weighted by molar-refractivity contribution is 5.84. The highest BCUT2D eigenvalue weighted by Crippen LogP contribution is 2.39. The summed E-state index contributed by atoms with van der Waals surface area (Å²) in [4.78, 5) is 26.1. The maximum Gasteiger partial charge on any atom is 0.417 e. The minimum absolute atomic E-state index is 0.0664. The number of benzene rings is 4. The van der Waals surface area contributed by atoms with Crippen LogP contribution >= 0.6 is 0 Å². The minimum atomic E-state index is -4.70. The second kappa shape index (κ2) is 19.2. The van der Waals surface area contributed by atoms with Gasteiger partial charge in [-0.05, 0) is 85.3 Å². The van der Waals surface area contributed by atoms with E-state index < -0.39 is 47.6 Å². The molecule has 2 heterocycles. The van der Waals surface area contributed by atoms with Crippen molar-refractivity contribution in [3.05, 3.63) is 128 Å². The van der Waals surface area contributed by atoms with Crippen molar-refractivity contribution in [2.45, 2.75) is 83.7 Å². The number of aliphatic hydroxyl groups is 1. The Morgan fingerprint density at radius 3 is 1.38 bits per heavy atom. The number of ether oxygens (including phenoxy) is 3. The molecule has 1 N–H and O–H groups in total. The van der Waals surface area contributed by atoms with Gasteiger partial charge in [-0.25, -0.2) is 9.59 Å². The summed E-state index contributed by atoms with van der Waals surface area (Å²) < 4.78 is 113. The van der Waals surface area contributed by atoms with Crippen LogP contribution in [-0.2, 0) is 29.9 Å². The maximum atomic E-state index is 14.2. The summed E-state index contributed by atoms with van der Waals surface area (Å²) in [6.07, 6.45) is -4.15. The topological polar surface area (TPSA) is 108 Å². The molecule has 0 amide bonds. The molecule has 0 aliphatic heterocycles. The van der Waals surface area contributed by atoms with Gasteiger partial charge in [0.15, 0.2) is 0 Å². The third kappa shape index (κ3) is 10.8. The van der Waals surface area contributed by atoms with Gasteiger partial charge in [-0.3, -0.25) is 0 Å². The molecule has 14 heteroatoms. The Morgan fingerprint density at radius 1 is 0.567 bits per heavy atom. The first kappa shape index (κ1) is 44.0. The van der Waals surface area contributed by atoms with Crippen LogP contribution in [0.15, 0.2) is 103 Å². The third-order valence-corrected chi connectivity index (χ3v) is 10.1. The van der Waals surface area contributed by atoms with Gasteiger partial charge in [-0.15, -0.1) is 0 Å². The molecule has 0 saturated carbocycles. The number of fused-ring (bicyclic) bond motifs is 2. The molecule has 0 radical (unpaired) electrons. The van der Waals surface area contributed by atoms with Gasteiger partial charge in [0.2, 0.25) is 0 Å². The fourth-order valence-electron chi connectivity index (χ4n) is 6.96. The van der Waals surface area contributed by atoms with E-state index in [1.807, 2.05) is 13.8 Å². The summed E-state index contributed by atoms with van der Waals surface area (Å²) in [6, 6.07) is 19.6. The number of aliphatic hydroxyl groups excluding tert-OH is 1. The molecule has 318 valence electrons. The van der Waals surface area contributed by atoms with Crippen molar-refractivity contribution in [2.75, 3.05) is 20.0 Å². The Bertz CT molecular complexity index is 2370. The van der Waals surface area contributed by atoms with Crippen LogP contribution in [0.25, 0.3) is 44.2 Å². The minimum Gasteiger partial charge on any atom is -0.491 e. The first-order valence-electron chi connectivity index (χ1n) is 19.7. The van der Waals surface area contributed by atoms with Crippen molar-refractivity contribution in [3.8, 4) is 33.8 Å². The van der Waals surface area contributed by atoms with E-state index in [1.165, 1.54) is 60.7 Å². The Hall–Kier alpha value is -5.60. The highest BCUT2D eigenvalue weighted by Gasteiger charge is 2.36.